The van der Waals surface area contributed by atoms with E-state index in [2.05, 4.69) is 24.1 Å². The molecule has 0 aromatic carbocycles. The molecule has 0 aliphatic carbocycles. The molecule has 0 aliphatic heterocycles. The van der Waals surface area contributed by atoms with Crippen LogP contribution >= 0.6 is 11.6 Å². The first-order chi connectivity index (χ1) is 7.72. The molecule has 90 valence electrons. The molecule has 3 nitrogen and oxygen atoms in total. The molecule has 1 N–H and O–H groups in total. The lowest BCUT2D eigenvalue weighted by Crippen LogP contribution is -2.18. The van der Waals surface area contributed by atoms with Crippen molar-refractivity contribution in [2.45, 2.75) is 32.8 Å². The average molecular weight is 243 g/mol. The van der Waals surface area contributed by atoms with Crippen LogP contribution in [0, 0.1) is 0 Å². The minimum absolute atomic E-state index is 0.193. The van der Waals surface area contributed by atoms with Crippen molar-refractivity contribution in [2.24, 2.45) is 0 Å². The molecule has 1 aromatic heterocycles. The van der Waals surface area contributed by atoms with Gasteiger partial charge in [-0.25, -0.2) is 0 Å². The molecule has 0 saturated carbocycles. The molecule has 1 atom stereocenters. The fourth-order valence-corrected chi connectivity index (χ4v) is 1.60. The highest BCUT2D eigenvalue weighted by molar-refractivity contribution is 6.30. The quantitative estimate of drug-likeness (QED) is 0.747. The number of rotatable bonds is 7. The first-order valence-corrected chi connectivity index (χ1v) is 6.08. The standard InChI is InChI=1S/C12H19ClN2O/c1-3-14-6-4-5-10(2)16-12-7-11(13)8-15-9-12/h7-10,14H,3-6H2,1-2H3. The number of pyridine rings is 1. The van der Waals surface area contributed by atoms with Crippen LogP contribution in [0.25, 0.3) is 0 Å². The van der Waals surface area contributed by atoms with E-state index >= 15 is 0 Å². The van der Waals surface area contributed by atoms with Crippen molar-refractivity contribution in [3.05, 3.63) is 23.5 Å². The Balaban J connectivity index is 2.25. The van der Waals surface area contributed by atoms with Crippen LogP contribution in [-0.4, -0.2) is 24.2 Å². The number of nitrogens with zero attached hydrogens (tertiary/aromatic N) is 1. The number of halogens is 1. The van der Waals surface area contributed by atoms with Gasteiger partial charge in [-0.2, -0.15) is 0 Å². The van der Waals surface area contributed by atoms with Crippen LogP contribution in [0.1, 0.15) is 26.7 Å². The molecular formula is C12H19ClN2O. The Bertz CT molecular complexity index is 307. The van der Waals surface area contributed by atoms with Gasteiger partial charge in [-0.3, -0.25) is 4.98 Å². The highest BCUT2D eigenvalue weighted by Crippen LogP contribution is 2.17. The van der Waals surface area contributed by atoms with E-state index in [0.717, 1.165) is 31.7 Å². The lowest BCUT2D eigenvalue weighted by atomic mass is 10.2. The molecule has 4 heteroatoms. The Morgan fingerprint density at radius 1 is 1.50 bits per heavy atom. The molecule has 0 radical (unpaired) electrons. The van der Waals surface area contributed by atoms with Crippen LogP contribution in [0.15, 0.2) is 18.5 Å². The zero-order valence-electron chi connectivity index (χ0n) is 9.87. The predicted octanol–water partition coefficient (Wildman–Crippen LogP) is 2.89. The lowest BCUT2D eigenvalue weighted by Gasteiger charge is -2.14. The first kappa shape index (κ1) is 13.3. The third kappa shape index (κ3) is 5.33. The van der Waals surface area contributed by atoms with Gasteiger partial charge in [0.05, 0.1) is 17.3 Å². The molecule has 0 aliphatic rings. The largest absolute Gasteiger partial charge is 0.489 e. The smallest absolute Gasteiger partial charge is 0.139 e. The summed E-state index contributed by atoms with van der Waals surface area (Å²) in [6.07, 6.45) is 5.62. The van der Waals surface area contributed by atoms with E-state index in [-0.39, 0.29) is 6.10 Å². The Kier molecular flexibility index (Phi) is 6.19. The maximum absolute atomic E-state index is 5.82. The fourth-order valence-electron chi connectivity index (χ4n) is 1.44. The van der Waals surface area contributed by atoms with E-state index in [1.54, 1.807) is 18.5 Å². The van der Waals surface area contributed by atoms with Crippen molar-refractivity contribution in [1.29, 1.82) is 0 Å². The predicted molar refractivity (Wildman–Crippen MR) is 67.1 cm³/mol. The zero-order valence-corrected chi connectivity index (χ0v) is 10.6. The zero-order chi connectivity index (χ0) is 11.8. The molecule has 0 saturated heterocycles. The van der Waals surface area contributed by atoms with Crippen molar-refractivity contribution in [3.8, 4) is 5.75 Å². The summed E-state index contributed by atoms with van der Waals surface area (Å²) in [5.41, 5.74) is 0. The van der Waals surface area contributed by atoms with Gasteiger partial charge in [0.1, 0.15) is 5.75 Å². The highest BCUT2D eigenvalue weighted by atomic mass is 35.5. The van der Waals surface area contributed by atoms with Gasteiger partial charge in [0, 0.05) is 12.3 Å². The van der Waals surface area contributed by atoms with Crippen molar-refractivity contribution in [1.82, 2.24) is 10.3 Å². The molecule has 0 spiro atoms. The Hall–Kier alpha value is -0.800. The Labute approximate surface area is 102 Å². The molecular weight excluding hydrogens is 224 g/mol. The summed E-state index contributed by atoms with van der Waals surface area (Å²) >= 11 is 5.82. The average Bonchev–Trinajstić information content (AvgIpc) is 2.24. The second kappa shape index (κ2) is 7.47. The molecule has 1 rings (SSSR count). The molecule has 1 heterocycles. The maximum atomic E-state index is 5.82. The van der Waals surface area contributed by atoms with Gasteiger partial charge >= 0.3 is 0 Å². The van der Waals surface area contributed by atoms with Crippen LogP contribution in [0.4, 0.5) is 0 Å². The van der Waals surface area contributed by atoms with Gasteiger partial charge in [-0.05, 0) is 32.9 Å². The van der Waals surface area contributed by atoms with Gasteiger partial charge in [-0.1, -0.05) is 18.5 Å². The minimum Gasteiger partial charge on any atom is -0.489 e. The van der Waals surface area contributed by atoms with Crippen LogP contribution in [0.3, 0.4) is 0 Å². The maximum Gasteiger partial charge on any atom is 0.139 e. The monoisotopic (exact) mass is 242 g/mol. The third-order valence-corrected chi connectivity index (χ3v) is 2.44. The van der Waals surface area contributed by atoms with Gasteiger partial charge in [-0.15, -0.1) is 0 Å². The van der Waals surface area contributed by atoms with Gasteiger partial charge in [0.2, 0.25) is 0 Å². The molecule has 16 heavy (non-hydrogen) atoms. The fraction of sp³-hybridized carbons (Fsp3) is 0.583. The third-order valence-electron chi connectivity index (χ3n) is 2.23. The molecule has 0 bridgehead atoms. The Morgan fingerprint density at radius 2 is 2.31 bits per heavy atom. The van der Waals surface area contributed by atoms with Gasteiger partial charge in [0.15, 0.2) is 0 Å². The highest BCUT2D eigenvalue weighted by Gasteiger charge is 2.04. The van der Waals surface area contributed by atoms with Crippen LogP contribution in [0.5, 0.6) is 5.75 Å². The Morgan fingerprint density at radius 3 is 3.00 bits per heavy atom. The van der Waals surface area contributed by atoms with Crippen molar-refractivity contribution in [2.75, 3.05) is 13.1 Å². The van der Waals surface area contributed by atoms with Crippen LogP contribution in [-0.2, 0) is 0 Å². The second-order valence-electron chi connectivity index (χ2n) is 3.76. The van der Waals surface area contributed by atoms with E-state index in [9.17, 15) is 0 Å². The number of hydrogen-bond acceptors (Lipinski definition) is 3. The summed E-state index contributed by atoms with van der Waals surface area (Å²) in [6.45, 7) is 6.23. The van der Waals surface area contributed by atoms with Crippen molar-refractivity contribution < 1.29 is 4.74 Å². The normalized spacial score (nSPS) is 12.4. The lowest BCUT2D eigenvalue weighted by molar-refractivity contribution is 0.207. The van der Waals surface area contributed by atoms with Gasteiger partial charge < -0.3 is 10.1 Å². The first-order valence-electron chi connectivity index (χ1n) is 5.70. The minimum atomic E-state index is 0.193. The number of nitrogens with one attached hydrogen (secondary N) is 1. The second-order valence-corrected chi connectivity index (χ2v) is 4.20. The topological polar surface area (TPSA) is 34.1 Å². The van der Waals surface area contributed by atoms with E-state index in [1.807, 2.05) is 0 Å². The van der Waals surface area contributed by atoms with Gasteiger partial charge in [0.25, 0.3) is 0 Å². The molecule has 0 amide bonds. The summed E-state index contributed by atoms with van der Waals surface area (Å²) in [7, 11) is 0. The number of aromatic nitrogens is 1. The number of hydrogen-bond donors (Lipinski definition) is 1. The van der Waals surface area contributed by atoms with E-state index in [1.165, 1.54) is 0 Å². The number of ether oxygens (including phenoxy) is 1. The molecule has 0 fully saturated rings. The SMILES string of the molecule is CCNCCCC(C)Oc1cncc(Cl)c1. The molecule has 1 aromatic rings. The van der Waals surface area contributed by atoms with E-state index in [0.29, 0.717) is 5.02 Å². The summed E-state index contributed by atoms with van der Waals surface area (Å²) in [4.78, 5) is 3.98. The van der Waals surface area contributed by atoms with Crippen LogP contribution in [0.2, 0.25) is 5.02 Å². The summed E-state index contributed by atoms with van der Waals surface area (Å²) in [5.74, 6) is 0.739. The summed E-state index contributed by atoms with van der Waals surface area (Å²) < 4.78 is 5.70. The summed E-state index contributed by atoms with van der Waals surface area (Å²) in [6, 6.07) is 1.79. The van der Waals surface area contributed by atoms with E-state index < -0.39 is 0 Å². The van der Waals surface area contributed by atoms with E-state index in [4.69, 9.17) is 16.3 Å². The van der Waals surface area contributed by atoms with Crippen molar-refractivity contribution >= 4 is 11.6 Å². The van der Waals surface area contributed by atoms with Crippen LogP contribution < -0.4 is 10.1 Å². The summed E-state index contributed by atoms with van der Waals surface area (Å²) in [5, 5.41) is 3.90. The molecule has 1 unspecified atom stereocenters. The van der Waals surface area contributed by atoms with Crippen molar-refractivity contribution in [3.63, 3.8) is 0 Å².